The number of anilines is 1. The fourth-order valence-corrected chi connectivity index (χ4v) is 3.08. The van der Waals surface area contributed by atoms with Crippen LogP contribution in [0, 0.1) is 0 Å². The van der Waals surface area contributed by atoms with Gasteiger partial charge < -0.3 is 14.5 Å². The minimum absolute atomic E-state index is 0.0373. The summed E-state index contributed by atoms with van der Waals surface area (Å²) in [7, 11) is 0. The SMILES string of the molecule is CCOC(=O)Cc1csc(NC(=O)COC(=O)c2cc3ccccc3[nH]2)n1. The first-order valence-corrected chi connectivity index (χ1v) is 9.08. The molecule has 140 valence electrons. The van der Waals surface area contributed by atoms with Gasteiger partial charge in [-0.15, -0.1) is 11.3 Å². The summed E-state index contributed by atoms with van der Waals surface area (Å²) in [5, 5.41) is 5.39. The Bertz CT molecular complexity index is 945. The molecule has 1 amide bonds. The summed E-state index contributed by atoms with van der Waals surface area (Å²) in [5.74, 6) is -1.52. The molecule has 2 N–H and O–H groups in total. The molecule has 1 aromatic carbocycles. The second-order valence-corrected chi connectivity index (χ2v) is 6.38. The number of carbonyl (C=O) groups excluding carboxylic acids is 3. The number of esters is 2. The van der Waals surface area contributed by atoms with Gasteiger partial charge in [0.15, 0.2) is 11.7 Å². The number of hydrogen-bond acceptors (Lipinski definition) is 7. The summed E-state index contributed by atoms with van der Waals surface area (Å²) in [6, 6.07) is 9.09. The highest BCUT2D eigenvalue weighted by molar-refractivity contribution is 7.13. The number of hydrogen-bond donors (Lipinski definition) is 2. The predicted octanol–water partition coefficient (Wildman–Crippen LogP) is 2.53. The van der Waals surface area contributed by atoms with E-state index in [0.29, 0.717) is 17.4 Å². The number of para-hydroxylation sites is 1. The van der Waals surface area contributed by atoms with Crippen LogP contribution in [0.4, 0.5) is 5.13 Å². The van der Waals surface area contributed by atoms with E-state index in [1.165, 1.54) is 11.3 Å². The molecule has 0 unspecified atom stereocenters. The van der Waals surface area contributed by atoms with E-state index < -0.39 is 18.5 Å². The van der Waals surface area contributed by atoms with Gasteiger partial charge in [-0.25, -0.2) is 9.78 Å². The molecule has 3 rings (SSSR count). The molecule has 3 aromatic rings. The number of fused-ring (bicyclic) bond motifs is 1. The van der Waals surface area contributed by atoms with Crippen LogP contribution in [-0.2, 0) is 25.5 Å². The fraction of sp³-hybridized carbons (Fsp3) is 0.222. The lowest BCUT2D eigenvalue weighted by Crippen LogP contribution is -2.21. The van der Waals surface area contributed by atoms with Crippen LogP contribution < -0.4 is 5.32 Å². The van der Waals surface area contributed by atoms with Crippen molar-refractivity contribution in [2.45, 2.75) is 13.3 Å². The first-order valence-electron chi connectivity index (χ1n) is 8.20. The normalized spacial score (nSPS) is 10.6. The van der Waals surface area contributed by atoms with E-state index in [1.54, 1.807) is 18.4 Å². The minimum Gasteiger partial charge on any atom is -0.466 e. The van der Waals surface area contributed by atoms with Gasteiger partial charge in [0.25, 0.3) is 5.91 Å². The Hall–Kier alpha value is -3.20. The molecule has 0 fully saturated rings. The average molecular weight is 387 g/mol. The second kappa shape index (κ2) is 8.45. The van der Waals surface area contributed by atoms with E-state index in [1.807, 2.05) is 24.3 Å². The van der Waals surface area contributed by atoms with E-state index in [0.717, 1.165) is 10.9 Å². The first-order chi connectivity index (χ1) is 13.0. The number of aromatic amines is 1. The summed E-state index contributed by atoms with van der Waals surface area (Å²) in [6.45, 7) is 1.58. The van der Waals surface area contributed by atoms with Crippen molar-refractivity contribution in [3.63, 3.8) is 0 Å². The highest BCUT2D eigenvalue weighted by Gasteiger charge is 2.14. The molecule has 8 nitrogen and oxygen atoms in total. The topological polar surface area (TPSA) is 110 Å². The maximum absolute atomic E-state index is 12.1. The van der Waals surface area contributed by atoms with Crippen molar-refractivity contribution in [3.8, 4) is 0 Å². The Labute approximate surface area is 158 Å². The van der Waals surface area contributed by atoms with Crippen molar-refractivity contribution in [2.75, 3.05) is 18.5 Å². The van der Waals surface area contributed by atoms with Crippen molar-refractivity contribution in [2.24, 2.45) is 0 Å². The largest absolute Gasteiger partial charge is 0.466 e. The molecule has 27 heavy (non-hydrogen) atoms. The highest BCUT2D eigenvalue weighted by atomic mass is 32.1. The molecule has 9 heteroatoms. The molecule has 0 aliphatic heterocycles. The monoisotopic (exact) mass is 387 g/mol. The van der Waals surface area contributed by atoms with Crippen molar-refractivity contribution in [1.29, 1.82) is 0 Å². The van der Waals surface area contributed by atoms with Gasteiger partial charge in [-0.1, -0.05) is 18.2 Å². The summed E-state index contributed by atoms with van der Waals surface area (Å²) < 4.78 is 9.86. The zero-order chi connectivity index (χ0) is 19.2. The van der Waals surface area contributed by atoms with Crippen molar-refractivity contribution in [1.82, 2.24) is 9.97 Å². The summed E-state index contributed by atoms with van der Waals surface area (Å²) >= 11 is 1.17. The van der Waals surface area contributed by atoms with E-state index >= 15 is 0 Å². The molecule has 2 heterocycles. The van der Waals surface area contributed by atoms with E-state index in [9.17, 15) is 14.4 Å². The van der Waals surface area contributed by atoms with Gasteiger partial charge in [-0.05, 0) is 19.1 Å². The molecule has 0 saturated heterocycles. The standard InChI is InChI=1S/C18H17N3O5S/c1-2-25-16(23)8-12-10-27-18(19-12)21-15(22)9-26-17(24)14-7-11-5-3-4-6-13(11)20-14/h3-7,10,20H,2,8-9H2,1H3,(H,19,21,22). The van der Waals surface area contributed by atoms with Gasteiger partial charge in [-0.3, -0.25) is 14.9 Å². The van der Waals surface area contributed by atoms with Crippen LogP contribution in [0.3, 0.4) is 0 Å². The van der Waals surface area contributed by atoms with E-state index in [2.05, 4.69) is 15.3 Å². The van der Waals surface area contributed by atoms with Gasteiger partial charge in [-0.2, -0.15) is 0 Å². The second-order valence-electron chi connectivity index (χ2n) is 5.52. The lowest BCUT2D eigenvalue weighted by molar-refractivity contribution is -0.142. The van der Waals surface area contributed by atoms with Gasteiger partial charge in [0, 0.05) is 16.3 Å². The first kappa shape index (κ1) is 18.6. The number of benzene rings is 1. The van der Waals surface area contributed by atoms with Gasteiger partial charge in [0.05, 0.1) is 18.7 Å². The van der Waals surface area contributed by atoms with Crippen LogP contribution in [0.2, 0.25) is 0 Å². The Morgan fingerprint density at radius 3 is 2.81 bits per heavy atom. The number of rotatable bonds is 7. The third kappa shape index (κ3) is 4.91. The Morgan fingerprint density at radius 1 is 1.22 bits per heavy atom. The predicted molar refractivity (Wildman–Crippen MR) is 99.7 cm³/mol. The molecule has 0 radical (unpaired) electrons. The lowest BCUT2D eigenvalue weighted by Gasteiger charge is -2.03. The van der Waals surface area contributed by atoms with Crippen LogP contribution in [-0.4, -0.2) is 41.0 Å². The average Bonchev–Trinajstić information content (AvgIpc) is 3.26. The Balaban J connectivity index is 1.50. The lowest BCUT2D eigenvalue weighted by atomic mass is 10.2. The maximum Gasteiger partial charge on any atom is 0.355 e. The maximum atomic E-state index is 12.1. The van der Waals surface area contributed by atoms with Gasteiger partial charge in [0.2, 0.25) is 0 Å². The molecule has 2 aromatic heterocycles. The van der Waals surface area contributed by atoms with Crippen molar-refractivity contribution >= 4 is 45.2 Å². The van der Waals surface area contributed by atoms with Crippen molar-refractivity contribution < 1.29 is 23.9 Å². The smallest absolute Gasteiger partial charge is 0.355 e. The number of amides is 1. The highest BCUT2D eigenvalue weighted by Crippen LogP contribution is 2.17. The Kier molecular flexibility index (Phi) is 5.82. The molecule has 0 saturated carbocycles. The number of H-pyrrole nitrogens is 1. The number of ether oxygens (including phenoxy) is 2. The minimum atomic E-state index is -0.622. The summed E-state index contributed by atoms with van der Waals surface area (Å²) in [6.07, 6.45) is 0.0373. The molecule has 0 aliphatic rings. The number of nitrogens with one attached hydrogen (secondary N) is 2. The zero-order valence-electron chi connectivity index (χ0n) is 14.5. The van der Waals surface area contributed by atoms with E-state index in [4.69, 9.17) is 9.47 Å². The quantitative estimate of drug-likeness (QED) is 0.603. The van der Waals surface area contributed by atoms with Gasteiger partial charge >= 0.3 is 11.9 Å². The van der Waals surface area contributed by atoms with Crippen LogP contribution in [0.15, 0.2) is 35.7 Å². The number of thiazole rings is 1. The molecule has 0 spiro atoms. The van der Waals surface area contributed by atoms with Crippen LogP contribution >= 0.6 is 11.3 Å². The number of aromatic nitrogens is 2. The van der Waals surface area contributed by atoms with Crippen LogP contribution in [0.5, 0.6) is 0 Å². The molecule has 0 aliphatic carbocycles. The summed E-state index contributed by atoms with van der Waals surface area (Å²) in [5.41, 5.74) is 1.59. The number of carbonyl (C=O) groups is 3. The van der Waals surface area contributed by atoms with Gasteiger partial charge in [0.1, 0.15) is 5.69 Å². The molecule has 0 atom stereocenters. The third-order valence-electron chi connectivity index (χ3n) is 3.51. The van der Waals surface area contributed by atoms with Crippen LogP contribution in [0.25, 0.3) is 10.9 Å². The van der Waals surface area contributed by atoms with Crippen molar-refractivity contribution in [3.05, 3.63) is 47.1 Å². The molecular formula is C18H17N3O5S. The van der Waals surface area contributed by atoms with Crippen LogP contribution in [0.1, 0.15) is 23.1 Å². The number of nitrogens with zero attached hydrogens (tertiary/aromatic N) is 1. The summed E-state index contributed by atoms with van der Waals surface area (Å²) in [4.78, 5) is 42.5. The third-order valence-corrected chi connectivity index (χ3v) is 4.32. The molecular weight excluding hydrogens is 370 g/mol. The molecule has 0 bridgehead atoms. The fourth-order valence-electron chi connectivity index (χ4n) is 2.35. The Morgan fingerprint density at radius 2 is 2.04 bits per heavy atom. The van der Waals surface area contributed by atoms with E-state index in [-0.39, 0.29) is 18.1 Å². The zero-order valence-corrected chi connectivity index (χ0v) is 15.3.